The molecule has 0 aliphatic rings. The Balaban J connectivity index is 2.15. The van der Waals surface area contributed by atoms with E-state index in [4.69, 9.17) is 4.52 Å². The van der Waals surface area contributed by atoms with Crippen molar-refractivity contribution >= 4 is 38.8 Å². The Bertz CT molecular complexity index is 853. The molecule has 0 bridgehead atoms. The molecule has 0 saturated heterocycles. The molecule has 0 aliphatic heterocycles. The van der Waals surface area contributed by atoms with Gasteiger partial charge in [-0.15, -0.1) is 11.3 Å². The van der Waals surface area contributed by atoms with Gasteiger partial charge in [-0.05, 0) is 26.0 Å². The molecule has 132 valence electrons. The maximum Gasteiger partial charge on any atom is 0.210 e. The lowest BCUT2D eigenvalue weighted by Gasteiger charge is -2.16. The van der Waals surface area contributed by atoms with Crippen LogP contribution < -0.4 is 0 Å². The second kappa shape index (κ2) is 7.91. The summed E-state index contributed by atoms with van der Waals surface area (Å²) in [5.74, 6) is -0.144. The first-order valence-electron chi connectivity index (χ1n) is 7.76. The average Bonchev–Trinajstić information content (AvgIpc) is 2.98. The van der Waals surface area contributed by atoms with Crippen molar-refractivity contribution in [3.05, 3.63) is 35.9 Å². The Kier molecular flexibility index (Phi) is 6.37. The Morgan fingerprint density at radius 1 is 1.33 bits per heavy atom. The number of allylic oxidation sites excluding steroid dienone is 1. The van der Waals surface area contributed by atoms with E-state index in [1.165, 1.54) is 11.3 Å². The van der Waals surface area contributed by atoms with Crippen LogP contribution in [-0.2, 0) is 18.9 Å². The first-order valence-corrected chi connectivity index (χ1v) is 12.2. The van der Waals surface area contributed by atoms with E-state index in [1.54, 1.807) is 26.0 Å². The summed E-state index contributed by atoms with van der Waals surface area (Å²) < 4.78 is 43.8. The van der Waals surface area contributed by atoms with E-state index in [0.29, 0.717) is 18.3 Å². The fourth-order valence-electron chi connectivity index (χ4n) is 2.24. The third-order valence-corrected chi connectivity index (χ3v) is 9.27. The maximum atomic E-state index is 12.5. The predicted octanol–water partition coefficient (Wildman–Crippen LogP) is 4.35. The molecule has 2 aromatic rings. The van der Waals surface area contributed by atoms with Gasteiger partial charge in [0.25, 0.3) is 0 Å². The van der Waals surface area contributed by atoms with Crippen LogP contribution in [0.2, 0.25) is 0 Å². The molecule has 0 amide bonds. The fraction of sp³-hybridized carbons (Fsp3) is 0.438. The van der Waals surface area contributed by atoms with Crippen LogP contribution in [0.4, 0.5) is 0 Å². The molecule has 0 saturated carbocycles. The SMILES string of the molecule is CCOP(=O)(CC)CC(C)=CCS(=O)(=O)c1nc2ccccc2s1. The Morgan fingerprint density at radius 3 is 2.67 bits per heavy atom. The highest BCUT2D eigenvalue weighted by Gasteiger charge is 2.22. The van der Waals surface area contributed by atoms with Crippen molar-refractivity contribution in [3.8, 4) is 0 Å². The first kappa shape index (κ1) is 19.3. The van der Waals surface area contributed by atoms with Crippen LogP contribution in [-0.4, -0.2) is 38.1 Å². The van der Waals surface area contributed by atoms with E-state index in [2.05, 4.69) is 4.98 Å². The molecule has 1 unspecified atom stereocenters. The van der Waals surface area contributed by atoms with Crippen molar-refractivity contribution in [2.75, 3.05) is 24.7 Å². The summed E-state index contributed by atoms with van der Waals surface area (Å²) in [5, 5.41) is 0. The molecule has 0 radical (unpaired) electrons. The summed E-state index contributed by atoms with van der Waals surface area (Å²) >= 11 is 1.17. The second-order valence-corrected chi connectivity index (χ2v) is 11.6. The lowest BCUT2D eigenvalue weighted by molar-refractivity contribution is 0.335. The van der Waals surface area contributed by atoms with Gasteiger partial charge in [-0.2, -0.15) is 0 Å². The molecule has 1 atom stereocenters. The van der Waals surface area contributed by atoms with Gasteiger partial charge in [-0.25, -0.2) is 13.4 Å². The van der Waals surface area contributed by atoms with E-state index in [9.17, 15) is 13.0 Å². The summed E-state index contributed by atoms with van der Waals surface area (Å²) in [6, 6.07) is 7.34. The normalized spacial score (nSPS) is 15.5. The minimum absolute atomic E-state index is 0.122. The zero-order valence-corrected chi connectivity index (χ0v) is 16.6. The molecule has 2 rings (SSSR count). The third-order valence-electron chi connectivity index (χ3n) is 3.53. The number of aromatic nitrogens is 1. The molecule has 0 aliphatic carbocycles. The zero-order valence-electron chi connectivity index (χ0n) is 14.1. The number of thiazole rings is 1. The van der Waals surface area contributed by atoms with Gasteiger partial charge >= 0.3 is 0 Å². The first-order chi connectivity index (χ1) is 11.3. The van der Waals surface area contributed by atoms with Gasteiger partial charge in [0.05, 0.1) is 22.6 Å². The van der Waals surface area contributed by atoms with Crippen LogP contribution in [0, 0.1) is 0 Å². The van der Waals surface area contributed by atoms with Crippen LogP contribution >= 0.6 is 18.7 Å². The monoisotopic (exact) mass is 387 g/mol. The molecule has 5 nitrogen and oxygen atoms in total. The highest BCUT2D eigenvalue weighted by atomic mass is 32.2. The lowest BCUT2D eigenvalue weighted by Crippen LogP contribution is -2.06. The molecule has 0 N–H and O–H groups in total. The molecule has 24 heavy (non-hydrogen) atoms. The Labute approximate surface area is 147 Å². The highest BCUT2D eigenvalue weighted by molar-refractivity contribution is 7.93. The second-order valence-electron chi connectivity index (χ2n) is 5.49. The topological polar surface area (TPSA) is 73.3 Å². The number of hydrogen-bond acceptors (Lipinski definition) is 6. The Morgan fingerprint density at radius 2 is 2.04 bits per heavy atom. The summed E-state index contributed by atoms with van der Waals surface area (Å²) in [4.78, 5) is 4.20. The molecule has 0 spiro atoms. The van der Waals surface area contributed by atoms with Gasteiger partial charge in [-0.3, -0.25) is 4.57 Å². The number of hydrogen-bond donors (Lipinski definition) is 0. The minimum Gasteiger partial charge on any atom is -0.329 e. The van der Waals surface area contributed by atoms with Crippen molar-refractivity contribution in [1.82, 2.24) is 4.98 Å². The van der Waals surface area contributed by atoms with Gasteiger partial charge in [0.1, 0.15) is 0 Å². The van der Waals surface area contributed by atoms with Gasteiger partial charge in [0, 0.05) is 12.3 Å². The summed E-state index contributed by atoms with van der Waals surface area (Å²) in [5.41, 5.74) is 1.45. The van der Waals surface area contributed by atoms with E-state index in [-0.39, 0.29) is 16.3 Å². The smallest absolute Gasteiger partial charge is 0.210 e. The predicted molar refractivity (Wildman–Crippen MR) is 100 cm³/mol. The number of fused-ring (bicyclic) bond motifs is 1. The summed E-state index contributed by atoms with van der Waals surface area (Å²) in [6.45, 7) is 5.80. The third kappa shape index (κ3) is 4.76. The zero-order chi connectivity index (χ0) is 17.8. The lowest BCUT2D eigenvalue weighted by atomic mass is 10.3. The number of nitrogens with zero attached hydrogens (tertiary/aromatic N) is 1. The van der Waals surface area contributed by atoms with Crippen LogP contribution in [0.5, 0.6) is 0 Å². The number of sulfone groups is 1. The van der Waals surface area contributed by atoms with Gasteiger partial charge in [-0.1, -0.05) is 30.7 Å². The van der Waals surface area contributed by atoms with Crippen molar-refractivity contribution in [2.45, 2.75) is 25.1 Å². The molecule has 1 aromatic heterocycles. The maximum absolute atomic E-state index is 12.5. The van der Waals surface area contributed by atoms with E-state index < -0.39 is 17.2 Å². The van der Waals surface area contributed by atoms with E-state index >= 15 is 0 Å². The van der Waals surface area contributed by atoms with Crippen molar-refractivity contribution < 1.29 is 17.5 Å². The summed E-state index contributed by atoms with van der Waals surface area (Å²) in [6.07, 6.45) is 2.34. The van der Waals surface area contributed by atoms with E-state index in [0.717, 1.165) is 10.3 Å². The Hall–Kier alpha value is -1.01. The highest BCUT2D eigenvalue weighted by Crippen LogP contribution is 2.47. The van der Waals surface area contributed by atoms with Crippen LogP contribution in [0.3, 0.4) is 0 Å². The van der Waals surface area contributed by atoms with Crippen LogP contribution in [0.25, 0.3) is 10.2 Å². The fourth-order valence-corrected chi connectivity index (χ4v) is 6.66. The van der Waals surface area contributed by atoms with Crippen LogP contribution in [0.1, 0.15) is 20.8 Å². The van der Waals surface area contributed by atoms with E-state index in [1.807, 2.05) is 25.1 Å². The molecular formula is C16H22NO4PS2. The molecule has 1 heterocycles. The quantitative estimate of drug-likeness (QED) is 0.497. The minimum atomic E-state index is -3.49. The summed E-state index contributed by atoms with van der Waals surface area (Å²) in [7, 11) is -6.20. The molecule has 8 heteroatoms. The van der Waals surface area contributed by atoms with Crippen molar-refractivity contribution in [3.63, 3.8) is 0 Å². The van der Waals surface area contributed by atoms with Gasteiger partial charge in [0.15, 0.2) is 0 Å². The average molecular weight is 387 g/mol. The number of benzene rings is 1. The molecule has 0 fully saturated rings. The van der Waals surface area contributed by atoms with Crippen molar-refractivity contribution in [1.29, 1.82) is 0 Å². The molecule has 1 aromatic carbocycles. The van der Waals surface area contributed by atoms with Gasteiger partial charge < -0.3 is 4.52 Å². The number of rotatable bonds is 8. The molecular weight excluding hydrogens is 365 g/mol. The van der Waals surface area contributed by atoms with Crippen molar-refractivity contribution in [2.24, 2.45) is 0 Å². The standard InChI is InChI=1S/C16H22NO4PS2/c1-4-21-22(18,5-2)12-13(3)10-11-24(19,20)16-17-14-8-6-7-9-15(14)23-16/h6-10H,4-5,11-12H2,1-3H3. The number of para-hydroxylation sites is 1. The largest absolute Gasteiger partial charge is 0.329 e. The van der Waals surface area contributed by atoms with Gasteiger partial charge in [0.2, 0.25) is 21.5 Å². The van der Waals surface area contributed by atoms with Crippen LogP contribution in [0.15, 0.2) is 40.3 Å².